The number of hydrogen-bond acceptors (Lipinski definition) is 4. The van der Waals surface area contributed by atoms with E-state index >= 15 is 0 Å². The van der Waals surface area contributed by atoms with Crippen LogP contribution in [0.3, 0.4) is 0 Å². The number of ether oxygens (including phenoxy) is 1. The zero-order valence-corrected chi connectivity index (χ0v) is 22.6. The Hall–Kier alpha value is -4.10. The highest BCUT2D eigenvalue weighted by molar-refractivity contribution is 7.92. The molecule has 0 spiro atoms. The lowest BCUT2D eigenvalue weighted by Crippen LogP contribution is -2.34. The van der Waals surface area contributed by atoms with Crippen LogP contribution < -0.4 is 14.4 Å². The Balaban J connectivity index is 1.75. The van der Waals surface area contributed by atoms with Crippen LogP contribution in [0.4, 0.5) is 5.69 Å². The van der Waals surface area contributed by atoms with Crippen LogP contribution in [0.2, 0.25) is 0 Å². The maximum atomic E-state index is 14.0. The number of nitrogens with zero attached hydrogens (tertiary/aromatic N) is 1. The van der Waals surface area contributed by atoms with Crippen LogP contribution in [0.1, 0.15) is 46.4 Å². The monoisotopic (exact) mass is 528 g/mol. The van der Waals surface area contributed by atoms with Crippen molar-refractivity contribution in [3.63, 3.8) is 0 Å². The zero-order chi connectivity index (χ0) is 27.1. The van der Waals surface area contributed by atoms with Crippen LogP contribution in [-0.2, 0) is 16.6 Å². The smallest absolute Gasteiger partial charge is 0.264 e. The van der Waals surface area contributed by atoms with Crippen molar-refractivity contribution in [3.05, 3.63) is 125 Å². The molecule has 0 bridgehead atoms. The third-order valence-electron chi connectivity index (χ3n) is 6.43. The van der Waals surface area contributed by atoms with E-state index in [4.69, 9.17) is 4.74 Å². The fraction of sp³-hybridized carbons (Fsp3) is 0.194. The van der Waals surface area contributed by atoms with Gasteiger partial charge in [0, 0.05) is 0 Å². The van der Waals surface area contributed by atoms with Crippen molar-refractivity contribution in [2.75, 3.05) is 11.4 Å². The molecule has 0 saturated carbocycles. The molecule has 0 aliphatic rings. The van der Waals surface area contributed by atoms with Crippen molar-refractivity contribution in [2.45, 2.75) is 37.8 Å². The van der Waals surface area contributed by atoms with Crippen molar-refractivity contribution in [2.24, 2.45) is 0 Å². The molecule has 0 radical (unpaired) electrons. The third-order valence-corrected chi connectivity index (χ3v) is 8.20. The molecule has 1 unspecified atom stereocenters. The van der Waals surface area contributed by atoms with Gasteiger partial charge in [-0.3, -0.25) is 9.10 Å². The predicted octanol–water partition coefficient (Wildman–Crippen LogP) is 6.28. The summed E-state index contributed by atoms with van der Waals surface area (Å²) in [6, 6.07) is 30.2. The molecule has 1 atom stereocenters. The Bertz CT molecular complexity index is 1470. The van der Waals surface area contributed by atoms with E-state index in [0.717, 1.165) is 16.7 Å². The number of carbonyl (C=O) groups is 1. The Morgan fingerprint density at radius 2 is 1.50 bits per heavy atom. The summed E-state index contributed by atoms with van der Waals surface area (Å²) in [6.45, 7) is 4.09. The molecule has 4 aromatic rings. The van der Waals surface area contributed by atoms with E-state index in [1.807, 2.05) is 68.4 Å². The molecular formula is C31H32N2O4S. The summed E-state index contributed by atoms with van der Waals surface area (Å²) < 4.78 is 34.5. The van der Waals surface area contributed by atoms with Gasteiger partial charge in [-0.2, -0.15) is 0 Å². The maximum Gasteiger partial charge on any atom is 0.264 e. The fourth-order valence-electron chi connectivity index (χ4n) is 4.26. The van der Waals surface area contributed by atoms with Crippen LogP contribution in [0.5, 0.6) is 5.75 Å². The second kappa shape index (κ2) is 12.0. The van der Waals surface area contributed by atoms with E-state index in [2.05, 4.69) is 5.32 Å². The van der Waals surface area contributed by atoms with Crippen LogP contribution >= 0.6 is 0 Å². The fourth-order valence-corrected chi connectivity index (χ4v) is 5.73. The van der Waals surface area contributed by atoms with E-state index in [1.165, 1.54) is 23.5 Å². The topological polar surface area (TPSA) is 75.7 Å². The van der Waals surface area contributed by atoms with Gasteiger partial charge in [-0.05, 0) is 60.9 Å². The molecule has 4 rings (SSSR count). The molecule has 0 heterocycles. The van der Waals surface area contributed by atoms with Gasteiger partial charge in [0.1, 0.15) is 5.75 Å². The van der Waals surface area contributed by atoms with E-state index in [1.54, 1.807) is 36.4 Å². The van der Waals surface area contributed by atoms with Crippen molar-refractivity contribution >= 4 is 21.6 Å². The first-order valence-corrected chi connectivity index (χ1v) is 13.9. The molecular weight excluding hydrogens is 496 g/mol. The van der Waals surface area contributed by atoms with Gasteiger partial charge in [0.2, 0.25) is 0 Å². The minimum absolute atomic E-state index is 0.0642. The number of sulfonamides is 1. The quantitative estimate of drug-likeness (QED) is 0.263. The molecule has 0 aliphatic heterocycles. The molecule has 0 aliphatic carbocycles. The van der Waals surface area contributed by atoms with Gasteiger partial charge in [0.05, 0.1) is 35.8 Å². The van der Waals surface area contributed by atoms with Gasteiger partial charge in [-0.25, -0.2) is 8.42 Å². The average molecular weight is 529 g/mol. The third kappa shape index (κ3) is 6.06. The van der Waals surface area contributed by atoms with Gasteiger partial charge in [0.25, 0.3) is 15.9 Å². The lowest BCUT2D eigenvalue weighted by atomic mass is 10.0. The van der Waals surface area contributed by atoms with Crippen LogP contribution in [0.15, 0.2) is 108 Å². The molecule has 7 heteroatoms. The number of methoxy groups -OCH3 is 1. The van der Waals surface area contributed by atoms with E-state index in [-0.39, 0.29) is 29.0 Å². The summed E-state index contributed by atoms with van der Waals surface area (Å²) in [5, 5.41) is 3.11. The number of amides is 1. The highest BCUT2D eigenvalue weighted by Crippen LogP contribution is 2.31. The van der Waals surface area contributed by atoms with E-state index < -0.39 is 10.0 Å². The molecule has 6 nitrogen and oxygen atoms in total. The first-order chi connectivity index (χ1) is 18.3. The standard InChI is InChI=1S/C31H32N2O4S/c1-4-29(25-16-14-23(2)15-17-25)32-31(34)28-12-8-9-13-30(28)33(22-24-10-6-5-7-11-24)38(35,36)27-20-18-26(37-3)19-21-27/h5-21,29H,4,22H2,1-3H3,(H,32,34). The van der Waals surface area contributed by atoms with Gasteiger partial charge in [-0.1, -0.05) is 79.2 Å². The van der Waals surface area contributed by atoms with E-state index in [0.29, 0.717) is 17.9 Å². The summed E-state index contributed by atoms with van der Waals surface area (Å²) in [7, 11) is -2.50. The Kier molecular flexibility index (Phi) is 8.48. The SMILES string of the molecule is CCC(NC(=O)c1ccccc1N(Cc1ccccc1)S(=O)(=O)c1ccc(OC)cc1)c1ccc(C)cc1. The second-order valence-corrected chi connectivity index (χ2v) is 10.9. The zero-order valence-electron chi connectivity index (χ0n) is 21.8. The lowest BCUT2D eigenvalue weighted by Gasteiger charge is -2.27. The summed E-state index contributed by atoms with van der Waals surface area (Å²) in [6.07, 6.45) is 0.689. The van der Waals surface area contributed by atoms with Crippen LogP contribution in [0, 0.1) is 6.92 Å². The summed E-state index contributed by atoms with van der Waals surface area (Å²) in [4.78, 5) is 13.7. The van der Waals surface area contributed by atoms with Crippen molar-refractivity contribution in [3.8, 4) is 5.75 Å². The molecule has 4 aromatic carbocycles. The number of rotatable bonds is 10. The summed E-state index contributed by atoms with van der Waals surface area (Å²) >= 11 is 0. The molecule has 38 heavy (non-hydrogen) atoms. The normalized spacial score (nSPS) is 12.0. The lowest BCUT2D eigenvalue weighted by molar-refractivity contribution is 0.0936. The van der Waals surface area contributed by atoms with Gasteiger partial charge >= 0.3 is 0 Å². The molecule has 1 N–H and O–H groups in total. The average Bonchev–Trinajstić information content (AvgIpc) is 2.95. The Morgan fingerprint density at radius 3 is 2.13 bits per heavy atom. The molecule has 0 saturated heterocycles. The minimum atomic E-state index is -4.03. The maximum absolute atomic E-state index is 14.0. The van der Waals surface area contributed by atoms with Crippen molar-refractivity contribution < 1.29 is 17.9 Å². The Morgan fingerprint density at radius 1 is 0.868 bits per heavy atom. The number of hydrogen-bond donors (Lipinski definition) is 1. The van der Waals surface area contributed by atoms with Gasteiger partial charge in [-0.15, -0.1) is 0 Å². The second-order valence-electron chi connectivity index (χ2n) is 9.03. The Labute approximate surface area is 225 Å². The summed E-state index contributed by atoms with van der Waals surface area (Å²) in [5.41, 5.74) is 3.52. The number of aryl methyl sites for hydroxylation is 1. The number of para-hydroxylation sites is 1. The largest absolute Gasteiger partial charge is 0.497 e. The minimum Gasteiger partial charge on any atom is -0.497 e. The number of carbonyl (C=O) groups excluding carboxylic acids is 1. The predicted molar refractivity (Wildman–Crippen MR) is 151 cm³/mol. The number of anilines is 1. The first kappa shape index (κ1) is 26.9. The molecule has 196 valence electrons. The first-order valence-electron chi connectivity index (χ1n) is 12.5. The van der Waals surface area contributed by atoms with Gasteiger partial charge in [0.15, 0.2) is 0 Å². The number of nitrogens with one attached hydrogen (secondary N) is 1. The summed E-state index contributed by atoms with van der Waals surface area (Å²) in [5.74, 6) is 0.219. The molecule has 0 fully saturated rings. The number of benzene rings is 4. The van der Waals surface area contributed by atoms with Crippen LogP contribution in [-0.4, -0.2) is 21.4 Å². The van der Waals surface area contributed by atoms with E-state index in [9.17, 15) is 13.2 Å². The van der Waals surface area contributed by atoms with Crippen LogP contribution in [0.25, 0.3) is 0 Å². The molecule has 0 aromatic heterocycles. The van der Waals surface area contributed by atoms with Crippen molar-refractivity contribution in [1.82, 2.24) is 5.32 Å². The molecule has 1 amide bonds. The van der Waals surface area contributed by atoms with Gasteiger partial charge < -0.3 is 10.1 Å². The highest BCUT2D eigenvalue weighted by Gasteiger charge is 2.29. The van der Waals surface area contributed by atoms with Crippen molar-refractivity contribution in [1.29, 1.82) is 0 Å². The highest BCUT2D eigenvalue weighted by atomic mass is 32.2.